The van der Waals surface area contributed by atoms with E-state index in [-0.39, 0.29) is 12.0 Å². The third kappa shape index (κ3) is 5.84. The SMILES string of the molecule is Cn1cnc2cc(-c3ccc(N4CCN(C(=O)OC(C)(C)C)CC4)cc3)nc(OCC[C@H]3CNC(=O)C3)c21. The molecule has 1 atom stereocenters. The lowest BCUT2D eigenvalue weighted by Crippen LogP contribution is -2.50. The Labute approximate surface area is 222 Å². The number of nitrogens with one attached hydrogen (secondary N) is 1. The lowest BCUT2D eigenvalue weighted by atomic mass is 10.1. The number of carbonyl (C=O) groups is 2. The molecule has 10 heteroatoms. The van der Waals surface area contributed by atoms with Crippen molar-refractivity contribution >= 4 is 28.7 Å². The molecule has 2 fully saturated rings. The Kier molecular flexibility index (Phi) is 7.14. The number of hydrogen-bond acceptors (Lipinski definition) is 7. The molecule has 0 aliphatic carbocycles. The maximum absolute atomic E-state index is 12.4. The van der Waals surface area contributed by atoms with Crippen molar-refractivity contribution in [1.82, 2.24) is 24.8 Å². The van der Waals surface area contributed by atoms with E-state index < -0.39 is 5.60 Å². The molecule has 2 aromatic heterocycles. The molecule has 1 N–H and O–H groups in total. The minimum atomic E-state index is -0.491. The summed E-state index contributed by atoms with van der Waals surface area (Å²) in [5, 5.41) is 2.88. The molecule has 0 spiro atoms. The Hall–Kier alpha value is -3.82. The summed E-state index contributed by atoms with van der Waals surface area (Å²) in [6, 6.07) is 10.3. The molecule has 4 heterocycles. The second-order valence-corrected chi connectivity index (χ2v) is 11.0. The lowest BCUT2D eigenvalue weighted by molar-refractivity contribution is -0.119. The summed E-state index contributed by atoms with van der Waals surface area (Å²) < 4.78 is 13.6. The molecule has 1 aromatic carbocycles. The summed E-state index contributed by atoms with van der Waals surface area (Å²) in [6.07, 6.45) is 2.86. The average Bonchev–Trinajstić information content (AvgIpc) is 3.48. The topological polar surface area (TPSA) is 102 Å². The third-order valence-corrected chi connectivity index (χ3v) is 6.95. The van der Waals surface area contributed by atoms with Gasteiger partial charge in [-0.2, -0.15) is 0 Å². The molecular formula is C28H36N6O4. The van der Waals surface area contributed by atoms with Gasteiger partial charge in [0.2, 0.25) is 11.8 Å². The van der Waals surface area contributed by atoms with Crippen LogP contribution < -0.4 is 15.0 Å². The number of carbonyl (C=O) groups excluding carboxylic acids is 2. The van der Waals surface area contributed by atoms with E-state index in [1.165, 1.54) is 0 Å². The van der Waals surface area contributed by atoms with E-state index >= 15 is 0 Å². The van der Waals surface area contributed by atoms with Gasteiger partial charge in [0, 0.05) is 57.4 Å². The zero-order chi connectivity index (χ0) is 26.9. The summed E-state index contributed by atoms with van der Waals surface area (Å²) in [4.78, 5) is 37.3. The number of benzene rings is 1. The number of ether oxygens (including phenoxy) is 2. The van der Waals surface area contributed by atoms with Gasteiger partial charge in [0.1, 0.15) is 11.1 Å². The van der Waals surface area contributed by atoms with Crippen molar-refractivity contribution in [1.29, 1.82) is 0 Å². The zero-order valence-electron chi connectivity index (χ0n) is 22.6. The molecule has 3 aromatic rings. The number of imidazole rings is 1. The van der Waals surface area contributed by atoms with Crippen LogP contribution in [-0.4, -0.2) is 76.4 Å². The number of fused-ring (bicyclic) bond motifs is 1. The first kappa shape index (κ1) is 25.8. The van der Waals surface area contributed by atoms with Crippen molar-refractivity contribution in [2.75, 3.05) is 44.2 Å². The van der Waals surface area contributed by atoms with Gasteiger partial charge in [0.25, 0.3) is 0 Å². The van der Waals surface area contributed by atoms with Crippen LogP contribution in [0.25, 0.3) is 22.3 Å². The van der Waals surface area contributed by atoms with Gasteiger partial charge >= 0.3 is 6.09 Å². The smallest absolute Gasteiger partial charge is 0.410 e. The molecule has 10 nitrogen and oxygen atoms in total. The second kappa shape index (κ2) is 10.5. The molecule has 38 heavy (non-hydrogen) atoms. The molecule has 0 bridgehead atoms. The minimum absolute atomic E-state index is 0.109. The van der Waals surface area contributed by atoms with Gasteiger partial charge in [-0.15, -0.1) is 0 Å². The summed E-state index contributed by atoms with van der Waals surface area (Å²) in [7, 11) is 1.93. The second-order valence-electron chi connectivity index (χ2n) is 11.0. The number of aryl methyl sites for hydroxylation is 1. The van der Waals surface area contributed by atoms with Gasteiger partial charge in [-0.3, -0.25) is 4.79 Å². The Balaban J connectivity index is 1.26. The number of amides is 2. The lowest BCUT2D eigenvalue weighted by Gasteiger charge is -2.36. The Morgan fingerprint density at radius 3 is 2.53 bits per heavy atom. The van der Waals surface area contributed by atoms with Gasteiger partial charge < -0.3 is 29.2 Å². The number of anilines is 1. The van der Waals surface area contributed by atoms with Crippen molar-refractivity contribution in [2.45, 2.75) is 39.2 Å². The maximum atomic E-state index is 12.4. The third-order valence-electron chi connectivity index (χ3n) is 6.95. The normalized spacial score (nSPS) is 18.1. The quantitative estimate of drug-likeness (QED) is 0.530. The highest BCUT2D eigenvalue weighted by Crippen LogP contribution is 2.30. The zero-order valence-corrected chi connectivity index (χ0v) is 22.6. The summed E-state index contributed by atoms with van der Waals surface area (Å²) >= 11 is 0. The largest absolute Gasteiger partial charge is 0.476 e. The van der Waals surface area contributed by atoms with Crippen LogP contribution in [-0.2, 0) is 16.6 Å². The van der Waals surface area contributed by atoms with Crippen LogP contribution in [0.4, 0.5) is 10.5 Å². The van der Waals surface area contributed by atoms with Crippen molar-refractivity contribution < 1.29 is 19.1 Å². The Morgan fingerprint density at radius 1 is 1.13 bits per heavy atom. The van der Waals surface area contributed by atoms with Gasteiger partial charge in [-0.05, 0) is 51.3 Å². The number of nitrogens with zero attached hydrogens (tertiary/aromatic N) is 5. The van der Waals surface area contributed by atoms with E-state index in [1.54, 1.807) is 11.2 Å². The van der Waals surface area contributed by atoms with Crippen molar-refractivity contribution in [2.24, 2.45) is 13.0 Å². The Morgan fingerprint density at radius 2 is 1.87 bits per heavy atom. The molecule has 2 aliphatic rings. The molecule has 2 aliphatic heterocycles. The fraction of sp³-hybridized carbons (Fsp3) is 0.500. The highest BCUT2D eigenvalue weighted by molar-refractivity contribution is 5.84. The first-order chi connectivity index (χ1) is 18.2. The molecule has 5 rings (SSSR count). The summed E-state index contributed by atoms with van der Waals surface area (Å²) in [6.45, 7) is 9.60. The highest BCUT2D eigenvalue weighted by Gasteiger charge is 2.26. The first-order valence-electron chi connectivity index (χ1n) is 13.2. The van der Waals surface area contributed by atoms with E-state index in [0.29, 0.717) is 44.5 Å². The van der Waals surface area contributed by atoms with Crippen LogP contribution in [0.15, 0.2) is 36.7 Å². The monoisotopic (exact) mass is 520 g/mol. The fourth-order valence-corrected chi connectivity index (χ4v) is 4.89. The van der Waals surface area contributed by atoms with E-state index in [1.807, 2.05) is 38.5 Å². The van der Waals surface area contributed by atoms with Crippen LogP contribution in [0.5, 0.6) is 5.88 Å². The summed E-state index contributed by atoms with van der Waals surface area (Å²) in [5.41, 5.74) is 4.07. The summed E-state index contributed by atoms with van der Waals surface area (Å²) in [5.74, 6) is 0.959. The standard InChI is InChI=1S/C28H36N6O4/c1-28(2,3)38-27(36)34-12-10-33(11-13-34)21-7-5-20(6-8-21)22-16-23-25(32(4)18-30-23)26(31-22)37-14-9-19-15-24(35)29-17-19/h5-8,16,18-19H,9-15,17H2,1-4H3,(H,29,35)/t19-/m1/s1. The number of aromatic nitrogens is 3. The van der Waals surface area contributed by atoms with Gasteiger partial charge in [0.15, 0.2) is 0 Å². The average molecular weight is 521 g/mol. The van der Waals surface area contributed by atoms with Crippen molar-refractivity contribution in [3.05, 3.63) is 36.7 Å². The number of piperazine rings is 1. The number of pyridine rings is 1. The maximum Gasteiger partial charge on any atom is 0.410 e. The number of rotatable bonds is 6. The van der Waals surface area contributed by atoms with Crippen LogP contribution >= 0.6 is 0 Å². The molecule has 202 valence electrons. The minimum Gasteiger partial charge on any atom is -0.476 e. The molecule has 0 radical (unpaired) electrons. The van der Waals surface area contributed by atoms with E-state index in [4.69, 9.17) is 14.5 Å². The van der Waals surface area contributed by atoms with E-state index in [9.17, 15) is 9.59 Å². The van der Waals surface area contributed by atoms with Gasteiger partial charge in [-0.1, -0.05) is 12.1 Å². The van der Waals surface area contributed by atoms with Crippen LogP contribution in [0.3, 0.4) is 0 Å². The van der Waals surface area contributed by atoms with Gasteiger partial charge in [0.05, 0.1) is 24.1 Å². The van der Waals surface area contributed by atoms with E-state index in [2.05, 4.69) is 39.5 Å². The van der Waals surface area contributed by atoms with Crippen LogP contribution in [0, 0.1) is 5.92 Å². The fourth-order valence-electron chi connectivity index (χ4n) is 4.89. The molecule has 0 saturated carbocycles. The van der Waals surface area contributed by atoms with Crippen LogP contribution in [0.1, 0.15) is 33.6 Å². The predicted molar refractivity (Wildman–Crippen MR) is 145 cm³/mol. The predicted octanol–water partition coefficient (Wildman–Crippen LogP) is 3.60. The van der Waals surface area contributed by atoms with Crippen LogP contribution in [0.2, 0.25) is 0 Å². The first-order valence-corrected chi connectivity index (χ1v) is 13.2. The van der Waals surface area contributed by atoms with Crippen molar-refractivity contribution in [3.8, 4) is 17.1 Å². The number of hydrogen-bond donors (Lipinski definition) is 1. The van der Waals surface area contributed by atoms with Gasteiger partial charge in [-0.25, -0.2) is 14.8 Å². The highest BCUT2D eigenvalue weighted by atomic mass is 16.6. The molecular weight excluding hydrogens is 484 g/mol. The molecule has 2 amide bonds. The Bertz CT molecular complexity index is 1310. The molecule has 0 unspecified atom stereocenters. The van der Waals surface area contributed by atoms with E-state index in [0.717, 1.165) is 47.5 Å². The molecule has 2 saturated heterocycles. The van der Waals surface area contributed by atoms with Crippen molar-refractivity contribution in [3.63, 3.8) is 0 Å².